The van der Waals surface area contributed by atoms with Crippen LogP contribution in [-0.2, 0) is 12.8 Å². The van der Waals surface area contributed by atoms with Crippen LogP contribution in [0.3, 0.4) is 0 Å². The van der Waals surface area contributed by atoms with Gasteiger partial charge in [0.15, 0.2) is 0 Å². The highest BCUT2D eigenvalue weighted by molar-refractivity contribution is 6.00. The van der Waals surface area contributed by atoms with Gasteiger partial charge in [-0.25, -0.2) is 8.78 Å². The SMILES string of the molecule is O=C(Nc1c(F)cccc1F)c1nnc(CCc2ccccc2)o1. The molecule has 0 atom stereocenters. The fourth-order valence-electron chi connectivity index (χ4n) is 2.13. The van der Waals surface area contributed by atoms with E-state index in [0.717, 1.165) is 17.7 Å². The molecule has 0 fully saturated rings. The van der Waals surface area contributed by atoms with E-state index in [-0.39, 0.29) is 11.8 Å². The molecule has 0 saturated heterocycles. The standard InChI is InChI=1S/C17H13F2N3O2/c18-12-7-4-8-13(19)15(12)20-16(23)17-22-21-14(24-17)10-9-11-5-2-1-3-6-11/h1-8H,9-10H2,(H,20,23). The maximum absolute atomic E-state index is 13.5. The van der Waals surface area contributed by atoms with Gasteiger partial charge in [-0.3, -0.25) is 4.79 Å². The van der Waals surface area contributed by atoms with Crippen molar-refractivity contribution in [2.75, 3.05) is 5.32 Å². The number of benzene rings is 2. The van der Waals surface area contributed by atoms with Gasteiger partial charge in [0.2, 0.25) is 5.89 Å². The normalized spacial score (nSPS) is 10.6. The van der Waals surface area contributed by atoms with Crippen molar-refractivity contribution in [3.05, 3.63) is 77.5 Å². The molecule has 0 unspecified atom stereocenters. The molecule has 1 aromatic heterocycles. The lowest BCUT2D eigenvalue weighted by Crippen LogP contribution is -2.14. The van der Waals surface area contributed by atoms with Gasteiger partial charge in [0.25, 0.3) is 0 Å². The fraction of sp³-hybridized carbons (Fsp3) is 0.118. The minimum atomic E-state index is -0.882. The van der Waals surface area contributed by atoms with E-state index in [0.29, 0.717) is 12.8 Å². The minimum Gasteiger partial charge on any atom is -0.417 e. The highest BCUT2D eigenvalue weighted by atomic mass is 19.1. The second kappa shape index (κ2) is 6.99. The van der Waals surface area contributed by atoms with Crippen molar-refractivity contribution >= 4 is 11.6 Å². The molecule has 3 aromatic rings. The maximum Gasteiger partial charge on any atom is 0.313 e. The molecule has 1 N–H and O–H groups in total. The summed E-state index contributed by atoms with van der Waals surface area (Å²) < 4.78 is 32.3. The van der Waals surface area contributed by atoms with Crippen LogP contribution in [0.25, 0.3) is 0 Å². The van der Waals surface area contributed by atoms with E-state index < -0.39 is 23.2 Å². The Morgan fingerprint density at radius 1 is 0.958 bits per heavy atom. The monoisotopic (exact) mass is 329 g/mol. The zero-order valence-corrected chi connectivity index (χ0v) is 12.5. The molecule has 2 aromatic carbocycles. The summed E-state index contributed by atoms with van der Waals surface area (Å²) in [7, 11) is 0. The van der Waals surface area contributed by atoms with Crippen LogP contribution in [0.2, 0.25) is 0 Å². The van der Waals surface area contributed by atoms with Crippen LogP contribution in [-0.4, -0.2) is 16.1 Å². The van der Waals surface area contributed by atoms with Gasteiger partial charge in [-0.05, 0) is 24.1 Å². The molecule has 1 amide bonds. The fourth-order valence-corrected chi connectivity index (χ4v) is 2.13. The number of rotatable bonds is 5. The average Bonchev–Trinajstić information content (AvgIpc) is 3.06. The minimum absolute atomic E-state index is 0.276. The molecule has 24 heavy (non-hydrogen) atoms. The summed E-state index contributed by atoms with van der Waals surface area (Å²) in [5.41, 5.74) is 0.543. The highest BCUT2D eigenvalue weighted by Crippen LogP contribution is 2.18. The number of carbonyl (C=O) groups excluding carboxylic acids is 1. The smallest absolute Gasteiger partial charge is 0.313 e. The molecule has 0 bridgehead atoms. The van der Waals surface area contributed by atoms with Crippen LogP contribution in [0.4, 0.5) is 14.5 Å². The molecular weight excluding hydrogens is 316 g/mol. The third-order valence-corrected chi connectivity index (χ3v) is 3.33. The van der Waals surface area contributed by atoms with E-state index in [4.69, 9.17) is 4.42 Å². The summed E-state index contributed by atoms with van der Waals surface area (Å²) in [5.74, 6) is -2.70. The number of anilines is 1. The van der Waals surface area contributed by atoms with E-state index in [9.17, 15) is 13.6 Å². The van der Waals surface area contributed by atoms with Crippen molar-refractivity contribution in [2.45, 2.75) is 12.8 Å². The van der Waals surface area contributed by atoms with Crippen LogP contribution in [0.5, 0.6) is 0 Å². The number of hydrogen-bond donors (Lipinski definition) is 1. The molecule has 0 radical (unpaired) electrons. The predicted molar refractivity (Wildman–Crippen MR) is 82.5 cm³/mol. The van der Waals surface area contributed by atoms with Crippen LogP contribution in [0.15, 0.2) is 52.9 Å². The number of para-hydroxylation sites is 1. The summed E-state index contributed by atoms with van der Waals surface area (Å²) in [4.78, 5) is 12.0. The quantitative estimate of drug-likeness (QED) is 0.779. The Labute approximate surface area is 136 Å². The first-order valence-electron chi connectivity index (χ1n) is 7.25. The van der Waals surface area contributed by atoms with E-state index in [1.165, 1.54) is 6.07 Å². The van der Waals surface area contributed by atoms with Gasteiger partial charge >= 0.3 is 11.8 Å². The molecule has 122 valence electrons. The molecule has 0 saturated carbocycles. The molecule has 1 heterocycles. The van der Waals surface area contributed by atoms with Crippen LogP contribution >= 0.6 is 0 Å². The third-order valence-electron chi connectivity index (χ3n) is 3.33. The number of aryl methyl sites for hydroxylation is 2. The van der Waals surface area contributed by atoms with E-state index in [2.05, 4.69) is 15.5 Å². The molecule has 3 rings (SSSR count). The number of hydrogen-bond acceptors (Lipinski definition) is 4. The lowest BCUT2D eigenvalue weighted by molar-refractivity contribution is 0.0987. The van der Waals surface area contributed by atoms with Crippen molar-refractivity contribution in [1.82, 2.24) is 10.2 Å². The Morgan fingerprint density at radius 2 is 1.67 bits per heavy atom. The van der Waals surface area contributed by atoms with E-state index in [1.54, 1.807) is 0 Å². The lowest BCUT2D eigenvalue weighted by Gasteiger charge is -2.04. The molecule has 5 nitrogen and oxygen atoms in total. The summed E-state index contributed by atoms with van der Waals surface area (Å²) in [6.07, 6.45) is 1.13. The molecule has 0 aliphatic heterocycles. The predicted octanol–water partition coefficient (Wildman–Crippen LogP) is 3.39. The summed E-state index contributed by atoms with van der Waals surface area (Å²) in [6, 6.07) is 13.0. The third kappa shape index (κ3) is 3.62. The van der Waals surface area contributed by atoms with Crippen LogP contribution < -0.4 is 5.32 Å². The van der Waals surface area contributed by atoms with Gasteiger partial charge in [0.05, 0.1) is 0 Å². The van der Waals surface area contributed by atoms with Gasteiger partial charge in [-0.1, -0.05) is 36.4 Å². The number of nitrogens with one attached hydrogen (secondary N) is 1. The van der Waals surface area contributed by atoms with Crippen molar-refractivity contribution < 1.29 is 18.0 Å². The van der Waals surface area contributed by atoms with E-state index in [1.807, 2.05) is 30.3 Å². The van der Waals surface area contributed by atoms with Crippen molar-refractivity contribution in [2.24, 2.45) is 0 Å². The second-order valence-corrected chi connectivity index (χ2v) is 5.04. The average molecular weight is 329 g/mol. The van der Waals surface area contributed by atoms with Gasteiger partial charge in [0.1, 0.15) is 17.3 Å². The second-order valence-electron chi connectivity index (χ2n) is 5.04. The molecule has 0 spiro atoms. The first-order valence-corrected chi connectivity index (χ1v) is 7.25. The zero-order valence-electron chi connectivity index (χ0n) is 12.5. The Morgan fingerprint density at radius 3 is 2.38 bits per heavy atom. The summed E-state index contributed by atoms with van der Waals surface area (Å²) in [6.45, 7) is 0. The van der Waals surface area contributed by atoms with Crippen molar-refractivity contribution in [3.63, 3.8) is 0 Å². The van der Waals surface area contributed by atoms with Crippen molar-refractivity contribution in [3.8, 4) is 0 Å². The number of aromatic nitrogens is 2. The molecular formula is C17H13F2N3O2. The Balaban J connectivity index is 1.65. The van der Waals surface area contributed by atoms with E-state index >= 15 is 0 Å². The first-order chi connectivity index (χ1) is 11.6. The summed E-state index contributed by atoms with van der Waals surface area (Å²) >= 11 is 0. The molecule has 0 aliphatic rings. The van der Waals surface area contributed by atoms with Gasteiger partial charge in [-0.15, -0.1) is 10.2 Å². The zero-order chi connectivity index (χ0) is 16.9. The Bertz CT molecular complexity index is 830. The Hall–Kier alpha value is -3.09. The number of halogens is 2. The number of carbonyl (C=O) groups is 1. The topological polar surface area (TPSA) is 68.0 Å². The summed E-state index contributed by atoms with van der Waals surface area (Å²) in [5, 5.41) is 9.48. The van der Waals surface area contributed by atoms with Gasteiger partial charge < -0.3 is 9.73 Å². The maximum atomic E-state index is 13.5. The highest BCUT2D eigenvalue weighted by Gasteiger charge is 2.18. The van der Waals surface area contributed by atoms with Crippen molar-refractivity contribution in [1.29, 1.82) is 0 Å². The first kappa shape index (κ1) is 15.8. The van der Waals surface area contributed by atoms with Crippen LogP contribution in [0, 0.1) is 11.6 Å². The van der Waals surface area contributed by atoms with Gasteiger partial charge in [-0.2, -0.15) is 0 Å². The molecule has 0 aliphatic carbocycles. The molecule has 7 heteroatoms. The largest absolute Gasteiger partial charge is 0.417 e. The van der Waals surface area contributed by atoms with Gasteiger partial charge in [0, 0.05) is 6.42 Å². The number of nitrogens with zero attached hydrogens (tertiary/aromatic N) is 2. The van der Waals surface area contributed by atoms with Crippen LogP contribution in [0.1, 0.15) is 22.1 Å². The Kier molecular flexibility index (Phi) is 4.60. The number of amides is 1. The lowest BCUT2D eigenvalue weighted by atomic mass is 10.1.